The van der Waals surface area contributed by atoms with Crippen LogP contribution in [0.1, 0.15) is 37.3 Å². The summed E-state index contributed by atoms with van der Waals surface area (Å²) in [6, 6.07) is 6.28. The number of piperidine rings is 1. The number of nitrogens with one attached hydrogen (secondary N) is 1. The summed E-state index contributed by atoms with van der Waals surface area (Å²) in [6.07, 6.45) is 4.71. The maximum atomic E-state index is 6.35. The second-order valence-corrected chi connectivity index (χ2v) is 5.10. The van der Waals surface area contributed by atoms with Gasteiger partial charge in [-0.3, -0.25) is 0 Å². The van der Waals surface area contributed by atoms with Gasteiger partial charge in [0.25, 0.3) is 0 Å². The van der Waals surface area contributed by atoms with Gasteiger partial charge >= 0.3 is 0 Å². The zero-order valence-corrected chi connectivity index (χ0v) is 11.8. The Morgan fingerprint density at radius 2 is 2.16 bits per heavy atom. The first-order valence-electron chi connectivity index (χ1n) is 6.95. The van der Waals surface area contributed by atoms with E-state index in [1.54, 1.807) is 14.2 Å². The number of hydrogen-bond acceptors (Lipinski definition) is 4. The van der Waals surface area contributed by atoms with E-state index in [0.717, 1.165) is 30.0 Å². The molecule has 0 aromatic heterocycles. The Bertz CT molecular complexity index is 403. The molecule has 1 saturated heterocycles. The first kappa shape index (κ1) is 14.2. The predicted molar refractivity (Wildman–Crippen MR) is 76.7 cm³/mol. The lowest BCUT2D eigenvalue weighted by Gasteiger charge is -2.27. The second-order valence-electron chi connectivity index (χ2n) is 5.10. The normalized spacial score (nSPS) is 20.9. The van der Waals surface area contributed by atoms with Crippen LogP contribution in [-0.4, -0.2) is 26.8 Å². The smallest absolute Gasteiger partial charge is 0.123 e. The maximum absolute atomic E-state index is 6.35. The van der Waals surface area contributed by atoms with Gasteiger partial charge in [-0.15, -0.1) is 0 Å². The van der Waals surface area contributed by atoms with E-state index in [-0.39, 0.29) is 6.04 Å². The average Bonchev–Trinajstić information content (AvgIpc) is 2.47. The summed E-state index contributed by atoms with van der Waals surface area (Å²) in [5.41, 5.74) is 7.37. The third-order valence-corrected chi connectivity index (χ3v) is 3.79. The van der Waals surface area contributed by atoms with Gasteiger partial charge in [0, 0.05) is 17.6 Å². The van der Waals surface area contributed by atoms with Crippen molar-refractivity contribution in [2.75, 3.05) is 20.8 Å². The Balaban J connectivity index is 2.09. The van der Waals surface area contributed by atoms with Crippen molar-refractivity contribution in [2.24, 2.45) is 5.73 Å². The van der Waals surface area contributed by atoms with E-state index in [1.807, 2.05) is 18.2 Å². The molecule has 106 valence electrons. The monoisotopic (exact) mass is 264 g/mol. The van der Waals surface area contributed by atoms with Gasteiger partial charge in [0.05, 0.1) is 14.2 Å². The summed E-state index contributed by atoms with van der Waals surface area (Å²) in [6.45, 7) is 1.10. The maximum Gasteiger partial charge on any atom is 0.123 e. The standard InChI is InChI=1S/C15H24N2O2/c1-18-12-6-7-15(19-2)13(10-12)14(16)9-11-5-3-4-8-17-11/h6-7,10-11,14,17H,3-5,8-9,16H2,1-2H3. The largest absolute Gasteiger partial charge is 0.497 e. The molecule has 1 heterocycles. The third-order valence-electron chi connectivity index (χ3n) is 3.79. The Morgan fingerprint density at radius 1 is 1.32 bits per heavy atom. The van der Waals surface area contributed by atoms with E-state index in [9.17, 15) is 0 Å². The highest BCUT2D eigenvalue weighted by Crippen LogP contribution is 2.31. The van der Waals surface area contributed by atoms with Crippen LogP contribution in [0, 0.1) is 0 Å². The predicted octanol–water partition coefficient (Wildman–Crippen LogP) is 2.24. The van der Waals surface area contributed by atoms with Crippen LogP contribution in [-0.2, 0) is 0 Å². The number of nitrogens with two attached hydrogens (primary N) is 1. The van der Waals surface area contributed by atoms with Crippen LogP contribution >= 0.6 is 0 Å². The van der Waals surface area contributed by atoms with Crippen LogP contribution < -0.4 is 20.5 Å². The zero-order chi connectivity index (χ0) is 13.7. The van der Waals surface area contributed by atoms with Crippen molar-refractivity contribution in [3.05, 3.63) is 23.8 Å². The summed E-state index contributed by atoms with van der Waals surface area (Å²) in [7, 11) is 3.34. The molecule has 3 N–H and O–H groups in total. The lowest BCUT2D eigenvalue weighted by molar-refractivity contribution is 0.353. The van der Waals surface area contributed by atoms with Crippen molar-refractivity contribution in [3.8, 4) is 11.5 Å². The first-order chi connectivity index (χ1) is 9.24. The quantitative estimate of drug-likeness (QED) is 0.856. The third kappa shape index (κ3) is 3.61. The van der Waals surface area contributed by atoms with Crippen molar-refractivity contribution in [2.45, 2.75) is 37.8 Å². The highest BCUT2D eigenvalue weighted by Gasteiger charge is 2.20. The molecule has 1 aromatic rings. The summed E-state index contributed by atoms with van der Waals surface area (Å²) in [5, 5.41) is 3.53. The van der Waals surface area contributed by atoms with E-state index in [4.69, 9.17) is 15.2 Å². The molecule has 1 aromatic carbocycles. The van der Waals surface area contributed by atoms with Crippen LogP contribution in [0.3, 0.4) is 0 Å². The number of rotatable bonds is 5. The number of benzene rings is 1. The van der Waals surface area contributed by atoms with Crippen molar-refractivity contribution in [1.29, 1.82) is 0 Å². The SMILES string of the molecule is COc1ccc(OC)c(C(N)CC2CCCCN2)c1. The van der Waals surface area contributed by atoms with Crippen LogP contribution in [0.5, 0.6) is 11.5 Å². The minimum atomic E-state index is -0.0272. The van der Waals surface area contributed by atoms with Gasteiger partial charge in [0.15, 0.2) is 0 Å². The van der Waals surface area contributed by atoms with E-state index >= 15 is 0 Å². The van der Waals surface area contributed by atoms with Crippen LogP contribution in [0.2, 0.25) is 0 Å². The molecule has 0 radical (unpaired) electrons. The zero-order valence-electron chi connectivity index (χ0n) is 11.8. The summed E-state index contributed by atoms with van der Waals surface area (Å²) in [4.78, 5) is 0. The van der Waals surface area contributed by atoms with Gasteiger partial charge in [0.1, 0.15) is 11.5 Å². The van der Waals surface area contributed by atoms with Crippen molar-refractivity contribution >= 4 is 0 Å². The molecular weight excluding hydrogens is 240 g/mol. The minimum absolute atomic E-state index is 0.0272. The Labute approximate surface area is 115 Å². The topological polar surface area (TPSA) is 56.5 Å². The molecule has 0 spiro atoms. The van der Waals surface area contributed by atoms with Gasteiger partial charge in [-0.2, -0.15) is 0 Å². The summed E-state index contributed by atoms with van der Waals surface area (Å²) < 4.78 is 10.7. The molecular formula is C15H24N2O2. The van der Waals surface area contributed by atoms with E-state index < -0.39 is 0 Å². The number of ether oxygens (including phenoxy) is 2. The molecule has 2 rings (SSSR count). The number of hydrogen-bond donors (Lipinski definition) is 2. The molecule has 1 fully saturated rings. The van der Waals surface area contributed by atoms with Crippen molar-refractivity contribution in [1.82, 2.24) is 5.32 Å². The molecule has 1 aliphatic heterocycles. The molecule has 0 saturated carbocycles. The lowest BCUT2D eigenvalue weighted by atomic mass is 9.94. The van der Waals surface area contributed by atoms with Gasteiger partial charge < -0.3 is 20.5 Å². The molecule has 2 unspecified atom stereocenters. The molecule has 1 aliphatic rings. The fraction of sp³-hybridized carbons (Fsp3) is 0.600. The van der Waals surface area contributed by atoms with Gasteiger partial charge in [-0.25, -0.2) is 0 Å². The van der Waals surface area contributed by atoms with E-state index in [2.05, 4.69) is 5.32 Å². The van der Waals surface area contributed by atoms with E-state index in [1.165, 1.54) is 19.3 Å². The van der Waals surface area contributed by atoms with Crippen LogP contribution in [0.4, 0.5) is 0 Å². The van der Waals surface area contributed by atoms with Gasteiger partial charge in [0.2, 0.25) is 0 Å². The fourth-order valence-electron chi connectivity index (χ4n) is 2.69. The molecule has 4 nitrogen and oxygen atoms in total. The Hall–Kier alpha value is -1.26. The summed E-state index contributed by atoms with van der Waals surface area (Å²) in [5.74, 6) is 1.66. The molecule has 0 aliphatic carbocycles. The average molecular weight is 264 g/mol. The Kier molecular flexibility index (Phi) is 5.05. The molecule has 0 amide bonds. The summed E-state index contributed by atoms with van der Waals surface area (Å²) >= 11 is 0. The second kappa shape index (κ2) is 6.78. The first-order valence-corrected chi connectivity index (χ1v) is 6.95. The molecule has 2 atom stereocenters. The lowest BCUT2D eigenvalue weighted by Crippen LogP contribution is -2.36. The molecule has 4 heteroatoms. The minimum Gasteiger partial charge on any atom is -0.497 e. The highest BCUT2D eigenvalue weighted by molar-refractivity contribution is 5.42. The molecule has 19 heavy (non-hydrogen) atoms. The highest BCUT2D eigenvalue weighted by atomic mass is 16.5. The van der Waals surface area contributed by atoms with Crippen molar-refractivity contribution < 1.29 is 9.47 Å². The van der Waals surface area contributed by atoms with Crippen LogP contribution in [0.25, 0.3) is 0 Å². The Morgan fingerprint density at radius 3 is 2.79 bits per heavy atom. The molecule has 0 bridgehead atoms. The number of methoxy groups -OCH3 is 2. The van der Waals surface area contributed by atoms with Crippen LogP contribution in [0.15, 0.2) is 18.2 Å². The fourth-order valence-corrected chi connectivity index (χ4v) is 2.69. The van der Waals surface area contributed by atoms with Crippen molar-refractivity contribution in [3.63, 3.8) is 0 Å². The van der Waals surface area contributed by atoms with Gasteiger partial charge in [-0.1, -0.05) is 6.42 Å². The van der Waals surface area contributed by atoms with Gasteiger partial charge in [-0.05, 0) is 44.0 Å². The van der Waals surface area contributed by atoms with E-state index in [0.29, 0.717) is 6.04 Å².